The van der Waals surface area contributed by atoms with Crippen LogP contribution in [0.1, 0.15) is 215 Å². The van der Waals surface area contributed by atoms with E-state index in [0.29, 0.717) is 139 Å². The molecule has 0 aromatic heterocycles. The van der Waals surface area contributed by atoms with E-state index in [-0.39, 0.29) is 60.1 Å². The molecule has 0 bridgehead atoms. The van der Waals surface area contributed by atoms with Gasteiger partial charge in [0, 0.05) is 58.9 Å². The fourth-order valence-corrected chi connectivity index (χ4v) is 13.0. The van der Waals surface area contributed by atoms with Gasteiger partial charge in [-0.15, -0.1) is 0 Å². The van der Waals surface area contributed by atoms with E-state index in [2.05, 4.69) is 122 Å². The molecule has 131 heavy (non-hydrogen) atoms. The lowest BCUT2D eigenvalue weighted by Gasteiger charge is -2.41. The Balaban J connectivity index is 0.000000601. The molecule has 30 N–H and O–H groups in total. The number of carbonyl (C=O) groups is 16. The van der Waals surface area contributed by atoms with Crippen LogP contribution in [0.25, 0.3) is 0 Å². The lowest BCUT2D eigenvalue weighted by molar-refractivity contribution is -0.139. The second kappa shape index (κ2) is 59.6. The third kappa shape index (κ3) is 44.4. The van der Waals surface area contributed by atoms with Crippen LogP contribution in [0.5, 0.6) is 0 Å². The third-order valence-corrected chi connectivity index (χ3v) is 20.9. The van der Waals surface area contributed by atoms with Crippen LogP contribution in [0.2, 0.25) is 0 Å². The standard InChI is InChI=1S/C31H42N6O4.C25H38N6O4.C18H34N6O4.C17H32N6O4/c1-4-25(28(39)36-27(23-13-7-5-8-14-23)24-15-9-6-10-16-24)34-29(40)26(17-11-20-33-21(2)32)35-30(41)31(18-12-19-31)37-22(3)38;1-4-20(22(33)28-16-19-10-6-5-7-11-19)29-23(34)21(12-8-15-27-17(2)26)30-24(35)25(13-9-14-25)31-18(3)32;1-10(2)9-15(25)22-12(4)17(27)24-14(7-6-8-21-13(5)19)18(28)23-11(3)16(20)26;1-9(2)15(25)22-11(4)16(26)23-13(7-6-8-20-12(5)18)17(27)21-10(3)14(19)24/h5-10,13-16,25-27,33H,2,4,11-12,17-20,32H2,1,3H3,(H,34,40)(H,35,41)(H,36,39)(H,37,38);5-7,10-11,20-21,27H,2,4,8-9,12-16,26H2,1,3H3,(H,28,33)(H,29,34)(H,30,35)(H,31,32);10-12,14,21H,5-9,19H2,1-4H3,(H2,20,26)(H,22,25)(H,23,28)(H,24,27);9-11,13,20H,5-8,18H2,1-4H3,(H2,19,24)(H,21,27)(H,22,25)(H,23,26)/t25-,26-;20-,21-;11-,12-,14-;10-,11-,13-/m0000/s1. The van der Waals surface area contributed by atoms with Crippen molar-refractivity contribution in [2.45, 2.75) is 276 Å². The Morgan fingerprint density at radius 1 is 0.344 bits per heavy atom. The van der Waals surface area contributed by atoms with Crippen molar-refractivity contribution in [2.24, 2.45) is 46.2 Å². The van der Waals surface area contributed by atoms with Gasteiger partial charge in [0.05, 0.1) is 29.3 Å². The molecular weight excluding hydrogens is 1690 g/mol. The molecule has 5 rings (SSSR count). The molecule has 3 aromatic rings. The van der Waals surface area contributed by atoms with Gasteiger partial charge in [-0.25, -0.2) is 0 Å². The average Bonchev–Trinajstić information content (AvgIpc) is 0.791. The van der Waals surface area contributed by atoms with Crippen molar-refractivity contribution in [1.82, 2.24) is 95.7 Å². The zero-order valence-electron chi connectivity index (χ0n) is 78.0. The van der Waals surface area contributed by atoms with Crippen LogP contribution in [0, 0.1) is 11.8 Å². The zero-order chi connectivity index (χ0) is 98.7. The van der Waals surface area contributed by atoms with Gasteiger partial charge in [-0.3, -0.25) is 76.7 Å². The first-order valence-electron chi connectivity index (χ1n) is 44.4. The van der Waals surface area contributed by atoms with Gasteiger partial charge in [0.1, 0.15) is 71.5 Å². The lowest BCUT2D eigenvalue weighted by Crippen LogP contribution is -2.65. The fourth-order valence-electron chi connectivity index (χ4n) is 13.0. The third-order valence-electron chi connectivity index (χ3n) is 20.9. The maximum Gasteiger partial charge on any atom is 0.246 e. The minimum atomic E-state index is -1.02. The van der Waals surface area contributed by atoms with Gasteiger partial charge < -0.3 is 130 Å². The molecule has 0 spiro atoms. The largest absolute Gasteiger partial charge is 0.386 e. The van der Waals surface area contributed by atoms with Gasteiger partial charge in [-0.05, 0) is 153 Å². The molecule has 2 fully saturated rings. The van der Waals surface area contributed by atoms with Gasteiger partial charge in [-0.2, -0.15) is 0 Å². The molecule has 40 nitrogen and oxygen atoms in total. The fraction of sp³-hybridized carbons (Fsp3) is 0.538. The second-order valence-electron chi connectivity index (χ2n) is 33.2. The number of nitrogens with one attached hydrogen (secondary N) is 18. The highest BCUT2D eigenvalue weighted by atomic mass is 16.2. The molecule has 0 saturated heterocycles. The summed E-state index contributed by atoms with van der Waals surface area (Å²) in [4.78, 5) is 198. The molecule has 2 aliphatic carbocycles. The Morgan fingerprint density at radius 3 is 0.939 bits per heavy atom. The molecule has 0 heterocycles. The monoisotopic (exact) mass is 1830 g/mol. The van der Waals surface area contributed by atoms with Gasteiger partial charge in [0.25, 0.3) is 0 Å². The maximum atomic E-state index is 13.5. The summed E-state index contributed by atoms with van der Waals surface area (Å²) in [5.74, 6) is -5.82. The highest BCUT2D eigenvalue weighted by Gasteiger charge is 2.48. The van der Waals surface area contributed by atoms with Crippen LogP contribution in [0.15, 0.2) is 141 Å². The Hall–Kier alpha value is -13.5. The van der Waals surface area contributed by atoms with Gasteiger partial charge in [0.2, 0.25) is 94.5 Å². The zero-order valence-corrected chi connectivity index (χ0v) is 78.0. The van der Waals surface area contributed by atoms with E-state index in [1.54, 1.807) is 20.8 Å². The molecule has 2 saturated carbocycles. The highest BCUT2D eigenvalue weighted by molar-refractivity contribution is 5.99. The summed E-state index contributed by atoms with van der Waals surface area (Å²) in [6.07, 6.45) is 7.91. The second-order valence-corrected chi connectivity index (χ2v) is 33.2. The van der Waals surface area contributed by atoms with Crippen molar-refractivity contribution in [3.63, 3.8) is 0 Å². The number of primary amides is 2. The van der Waals surface area contributed by atoms with Crippen molar-refractivity contribution in [1.29, 1.82) is 0 Å². The molecule has 726 valence electrons. The molecule has 10 atom stereocenters. The highest BCUT2D eigenvalue weighted by Crippen LogP contribution is 2.34. The van der Waals surface area contributed by atoms with Crippen molar-refractivity contribution < 1.29 is 76.7 Å². The molecule has 0 aliphatic heterocycles. The average molecular weight is 1830 g/mol. The number of hydrogen-bond acceptors (Lipinski definition) is 24. The first kappa shape index (κ1) is 114. The van der Waals surface area contributed by atoms with E-state index in [1.165, 1.54) is 41.5 Å². The molecular formula is C91H146N24O16. The van der Waals surface area contributed by atoms with Crippen LogP contribution >= 0.6 is 0 Å². The van der Waals surface area contributed by atoms with Crippen LogP contribution < -0.4 is 130 Å². The van der Waals surface area contributed by atoms with E-state index < -0.39 is 137 Å². The lowest BCUT2D eigenvalue weighted by atomic mass is 9.75. The maximum absolute atomic E-state index is 13.5. The summed E-state index contributed by atoms with van der Waals surface area (Å²) in [6, 6.07) is 19.8. The molecule has 2 aliphatic rings. The van der Waals surface area contributed by atoms with E-state index in [0.717, 1.165) is 29.5 Å². The molecule has 0 radical (unpaired) electrons. The number of carbonyl (C=O) groups excluding carboxylic acids is 16. The van der Waals surface area contributed by atoms with Crippen molar-refractivity contribution in [3.8, 4) is 0 Å². The number of nitrogens with two attached hydrogens (primary N) is 6. The molecule has 3 aromatic carbocycles. The summed E-state index contributed by atoms with van der Waals surface area (Å²) in [7, 11) is 0. The molecule has 0 unspecified atom stereocenters. The SMILES string of the molecule is C=C(N)NCCC[C@H](NC(=O)C1(NC(C)=O)CCC1)C(=O)N[C@@H](CC)C(=O)NC(c1ccccc1)c1ccccc1.C=C(N)NCCC[C@H](NC(=O)C1(NC(C)=O)CCC1)C(=O)N[C@@H](CC)C(=O)NCc1ccccc1.C=C(N)NCCC[C@H](NC(=O)[C@H](C)NC(=O)C(C)C)C(=O)N[C@@H](C)C(N)=O.C=C(N)NCCC[C@H](NC(=O)[C@H](C)NC(=O)CC(C)C)C(=O)N[C@@H](C)C(N)=O. The van der Waals surface area contributed by atoms with Crippen LogP contribution in [-0.2, 0) is 83.3 Å². The van der Waals surface area contributed by atoms with E-state index in [4.69, 9.17) is 34.4 Å². The minimum Gasteiger partial charge on any atom is -0.386 e. The number of benzene rings is 3. The summed E-state index contributed by atoms with van der Waals surface area (Å²) in [5.41, 5.74) is 33.0. The van der Waals surface area contributed by atoms with Gasteiger partial charge in [0.15, 0.2) is 0 Å². The quantitative estimate of drug-likeness (QED) is 0.0328. The van der Waals surface area contributed by atoms with E-state index in [9.17, 15) is 76.7 Å². The Kier molecular flexibility index (Phi) is 51.7. The van der Waals surface area contributed by atoms with Crippen molar-refractivity contribution >= 4 is 94.5 Å². The Morgan fingerprint density at radius 2 is 0.641 bits per heavy atom. The number of hydrogen-bond donors (Lipinski definition) is 24. The van der Waals surface area contributed by atoms with Crippen molar-refractivity contribution in [2.75, 3.05) is 26.2 Å². The van der Waals surface area contributed by atoms with Gasteiger partial charge >= 0.3 is 0 Å². The van der Waals surface area contributed by atoms with E-state index in [1.807, 2.05) is 112 Å². The van der Waals surface area contributed by atoms with Crippen LogP contribution in [0.3, 0.4) is 0 Å². The normalized spacial score (nSPS) is 14.6. The number of amides is 16. The van der Waals surface area contributed by atoms with Crippen LogP contribution in [-0.4, -0.2) is 192 Å². The van der Waals surface area contributed by atoms with E-state index >= 15 is 0 Å². The predicted molar refractivity (Wildman–Crippen MR) is 499 cm³/mol. The summed E-state index contributed by atoms with van der Waals surface area (Å²) >= 11 is 0. The molecule has 40 heteroatoms. The van der Waals surface area contributed by atoms with Gasteiger partial charge in [-0.1, -0.05) is 159 Å². The van der Waals surface area contributed by atoms with Crippen molar-refractivity contribution in [3.05, 3.63) is 157 Å². The summed E-state index contributed by atoms with van der Waals surface area (Å²) in [6.45, 7) is 35.9. The predicted octanol–water partition coefficient (Wildman–Crippen LogP) is -0.0955. The smallest absolute Gasteiger partial charge is 0.246 e. The summed E-state index contributed by atoms with van der Waals surface area (Å²) < 4.78 is 0. The first-order valence-corrected chi connectivity index (χ1v) is 44.4. The Labute approximate surface area is 769 Å². The van der Waals surface area contributed by atoms with Crippen LogP contribution in [0.4, 0.5) is 0 Å². The molecule has 16 amide bonds. The first-order chi connectivity index (χ1) is 61.7. The minimum absolute atomic E-state index is 0.161. The Bertz CT molecular complexity index is 4240. The summed E-state index contributed by atoms with van der Waals surface area (Å²) in [5, 5.41) is 49.4. The number of rotatable bonds is 54. The topological polar surface area (TPSA) is 646 Å².